The molecule has 0 atom stereocenters. The molecule has 0 saturated carbocycles. The number of H-pyrrole nitrogens is 1. The number of fused-ring (bicyclic) bond motifs is 2. The van der Waals surface area contributed by atoms with Crippen molar-refractivity contribution < 1.29 is 0 Å². The molecule has 0 amide bonds. The van der Waals surface area contributed by atoms with E-state index in [9.17, 15) is 4.79 Å². The van der Waals surface area contributed by atoms with Gasteiger partial charge < -0.3 is 9.88 Å². The van der Waals surface area contributed by atoms with Gasteiger partial charge in [0.05, 0.1) is 16.6 Å². The van der Waals surface area contributed by atoms with Crippen molar-refractivity contribution in [1.82, 2.24) is 14.9 Å². The Morgan fingerprint density at radius 2 is 1.89 bits per heavy atom. The third-order valence-corrected chi connectivity index (χ3v) is 6.43. The highest BCUT2D eigenvalue weighted by molar-refractivity contribution is 7.17. The molecule has 1 saturated heterocycles. The van der Waals surface area contributed by atoms with Gasteiger partial charge in [-0.3, -0.25) is 14.7 Å². The first kappa shape index (κ1) is 17.4. The molecule has 0 unspecified atom stereocenters. The number of nitrogens with one attached hydrogen (secondary N) is 1. The van der Waals surface area contributed by atoms with E-state index in [4.69, 9.17) is 0 Å². The molecule has 0 aliphatic carbocycles. The summed E-state index contributed by atoms with van der Waals surface area (Å²) in [6, 6.07) is 12.0. The lowest BCUT2D eigenvalue weighted by atomic mass is 10.1. The number of aromatic amines is 1. The zero-order valence-corrected chi connectivity index (χ0v) is 16.4. The second kappa shape index (κ2) is 7.37. The first-order chi connectivity index (χ1) is 13.8. The molecule has 6 heteroatoms. The van der Waals surface area contributed by atoms with E-state index in [1.165, 1.54) is 21.3 Å². The maximum Gasteiger partial charge on any atom is 0.248 e. The minimum atomic E-state index is -0.0455. The minimum Gasteiger partial charge on any atom is -0.367 e. The summed E-state index contributed by atoms with van der Waals surface area (Å²) >= 11 is 1.75. The van der Waals surface area contributed by atoms with Crippen LogP contribution in [0.2, 0.25) is 0 Å². The fraction of sp³-hybridized carbons (Fsp3) is 0.273. The highest BCUT2D eigenvalue weighted by Gasteiger charge is 2.19. The Labute approximate surface area is 167 Å². The van der Waals surface area contributed by atoms with Gasteiger partial charge in [0.2, 0.25) is 5.56 Å². The Bertz CT molecular complexity index is 1170. The van der Waals surface area contributed by atoms with Crippen LogP contribution in [0.4, 0.5) is 5.69 Å². The summed E-state index contributed by atoms with van der Waals surface area (Å²) < 4.78 is 1.26. The maximum atomic E-state index is 11.5. The van der Waals surface area contributed by atoms with E-state index in [1.54, 1.807) is 17.4 Å². The van der Waals surface area contributed by atoms with Gasteiger partial charge in [-0.15, -0.1) is 11.3 Å². The van der Waals surface area contributed by atoms with E-state index in [2.05, 4.69) is 49.4 Å². The Hall–Kier alpha value is -2.70. The smallest absolute Gasteiger partial charge is 0.248 e. The molecule has 0 radical (unpaired) electrons. The predicted molar refractivity (Wildman–Crippen MR) is 117 cm³/mol. The van der Waals surface area contributed by atoms with Gasteiger partial charge >= 0.3 is 0 Å². The summed E-state index contributed by atoms with van der Waals surface area (Å²) in [5.74, 6) is 0. The van der Waals surface area contributed by atoms with Crippen LogP contribution in [-0.4, -0.2) is 47.6 Å². The normalized spacial score (nSPS) is 15.5. The van der Waals surface area contributed by atoms with Crippen LogP contribution in [0.25, 0.3) is 21.0 Å². The van der Waals surface area contributed by atoms with Crippen LogP contribution in [0.5, 0.6) is 0 Å². The van der Waals surface area contributed by atoms with E-state index in [0.717, 1.165) is 50.0 Å². The first-order valence-corrected chi connectivity index (χ1v) is 10.5. The molecule has 5 rings (SSSR count). The lowest BCUT2D eigenvalue weighted by Crippen LogP contribution is -2.47. The quantitative estimate of drug-likeness (QED) is 0.579. The number of rotatable bonds is 4. The van der Waals surface area contributed by atoms with Crippen molar-refractivity contribution in [3.8, 4) is 0 Å². The molecule has 5 nitrogen and oxygen atoms in total. The zero-order chi connectivity index (χ0) is 18.9. The summed E-state index contributed by atoms with van der Waals surface area (Å²) in [5, 5.41) is 4.54. The molecule has 0 spiro atoms. The molecule has 142 valence electrons. The SMILES string of the molecule is O=c1ccc2ccc(CCN3CCN(c4cncc5sccc45)CC3)cc2[nH]1. The molecule has 1 aliphatic rings. The van der Waals surface area contributed by atoms with E-state index in [-0.39, 0.29) is 5.56 Å². The Morgan fingerprint density at radius 3 is 2.79 bits per heavy atom. The fourth-order valence-corrected chi connectivity index (χ4v) is 4.75. The second-order valence-electron chi connectivity index (χ2n) is 7.31. The van der Waals surface area contributed by atoms with Gasteiger partial charge in [0.25, 0.3) is 0 Å². The van der Waals surface area contributed by atoms with Crippen LogP contribution in [0.1, 0.15) is 5.56 Å². The standard InChI is InChI=1S/C22H22N4OS/c27-22-4-3-17-2-1-16(13-19(17)24-22)5-7-25-8-10-26(11-9-25)20-14-23-15-21-18(20)6-12-28-21/h1-4,6,12-15H,5,7-11H2,(H,24,27). The number of aromatic nitrogens is 2. The monoisotopic (exact) mass is 390 g/mol. The number of anilines is 1. The van der Waals surface area contributed by atoms with Crippen molar-refractivity contribution in [2.75, 3.05) is 37.6 Å². The van der Waals surface area contributed by atoms with Crippen molar-refractivity contribution in [3.05, 3.63) is 70.1 Å². The topological polar surface area (TPSA) is 52.2 Å². The summed E-state index contributed by atoms with van der Waals surface area (Å²) in [6.45, 7) is 5.22. The fourth-order valence-electron chi connectivity index (χ4n) is 3.98. The molecule has 4 heterocycles. The lowest BCUT2D eigenvalue weighted by molar-refractivity contribution is 0.261. The number of benzene rings is 1. The third kappa shape index (κ3) is 3.41. The van der Waals surface area contributed by atoms with E-state index in [1.807, 2.05) is 18.5 Å². The molecule has 28 heavy (non-hydrogen) atoms. The number of hydrogen-bond donors (Lipinski definition) is 1. The van der Waals surface area contributed by atoms with Gasteiger partial charge in [0, 0.05) is 55.9 Å². The highest BCUT2D eigenvalue weighted by atomic mass is 32.1. The summed E-state index contributed by atoms with van der Waals surface area (Å²) in [7, 11) is 0. The van der Waals surface area contributed by atoms with Gasteiger partial charge in [-0.25, -0.2) is 0 Å². The van der Waals surface area contributed by atoms with Crippen LogP contribution >= 0.6 is 11.3 Å². The molecule has 4 aromatic rings. The van der Waals surface area contributed by atoms with Gasteiger partial charge in [-0.1, -0.05) is 12.1 Å². The second-order valence-corrected chi connectivity index (χ2v) is 8.26. The Kier molecular flexibility index (Phi) is 4.58. The van der Waals surface area contributed by atoms with Crippen LogP contribution in [0.3, 0.4) is 0 Å². The molecule has 1 aromatic carbocycles. The molecule has 0 bridgehead atoms. The van der Waals surface area contributed by atoms with Crippen molar-refractivity contribution in [2.45, 2.75) is 6.42 Å². The molecular weight excluding hydrogens is 368 g/mol. The first-order valence-electron chi connectivity index (χ1n) is 9.67. The summed E-state index contributed by atoms with van der Waals surface area (Å²) in [6.07, 6.45) is 4.95. The Balaban J connectivity index is 1.22. The number of nitrogens with zero attached hydrogens (tertiary/aromatic N) is 3. The van der Waals surface area contributed by atoms with E-state index < -0.39 is 0 Å². The van der Waals surface area contributed by atoms with Crippen LogP contribution in [0, 0.1) is 0 Å². The summed E-state index contributed by atoms with van der Waals surface area (Å²) in [5.41, 5.74) is 3.41. The van der Waals surface area contributed by atoms with Crippen molar-refractivity contribution in [1.29, 1.82) is 0 Å². The van der Waals surface area contributed by atoms with Crippen molar-refractivity contribution in [3.63, 3.8) is 0 Å². The number of hydrogen-bond acceptors (Lipinski definition) is 5. The highest BCUT2D eigenvalue weighted by Crippen LogP contribution is 2.30. The third-order valence-electron chi connectivity index (χ3n) is 5.58. The number of pyridine rings is 2. The average molecular weight is 391 g/mol. The number of thiophene rings is 1. The van der Waals surface area contributed by atoms with Gasteiger partial charge in [0.1, 0.15) is 0 Å². The largest absolute Gasteiger partial charge is 0.367 e. The van der Waals surface area contributed by atoms with Crippen molar-refractivity contribution in [2.24, 2.45) is 0 Å². The van der Waals surface area contributed by atoms with E-state index >= 15 is 0 Å². The lowest BCUT2D eigenvalue weighted by Gasteiger charge is -2.36. The summed E-state index contributed by atoms with van der Waals surface area (Å²) in [4.78, 5) is 23.9. The van der Waals surface area contributed by atoms with Gasteiger partial charge in [-0.05, 0) is 40.9 Å². The molecule has 1 aliphatic heterocycles. The van der Waals surface area contributed by atoms with Crippen molar-refractivity contribution >= 4 is 38.0 Å². The minimum absolute atomic E-state index is 0.0455. The number of piperazine rings is 1. The molecule has 3 aromatic heterocycles. The molecule has 1 fully saturated rings. The van der Waals surface area contributed by atoms with Crippen LogP contribution < -0.4 is 10.5 Å². The Morgan fingerprint density at radius 1 is 1.04 bits per heavy atom. The van der Waals surface area contributed by atoms with Crippen LogP contribution in [0.15, 0.2) is 59.0 Å². The van der Waals surface area contributed by atoms with E-state index in [0.29, 0.717) is 0 Å². The van der Waals surface area contributed by atoms with Crippen LogP contribution in [-0.2, 0) is 6.42 Å². The predicted octanol–water partition coefficient (Wildman–Crippen LogP) is 3.50. The van der Waals surface area contributed by atoms with Gasteiger partial charge in [-0.2, -0.15) is 0 Å². The maximum absolute atomic E-state index is 11.5. The molecular formula is C22H22N4OS. The zero-order valence-electron chi connectivity index (χ0n) is 15.6. The van der Waals surface area contributed by atoms with Gasteiger partial charge in [0.15, 0.2) is 0 Å². The average Bonchev–Trinajstić information content (AvgIpc) is 3.21. The molecule has 1 N–H and O–H groups in total.